The quantitative estimate of drug-likeness (QED) is 0.793. The van der Waals surface area contributed by atoms with Gasteiger partial charge in [-0.3, -0.25) is 9.59 Å². The highest BCUT2D eigenvalue weighted by Crippen LogP contribution is 2.22. The zero-order valence-corrected chi connectivity index (χ0v) is 14.4. The molecule has 1 aliphatic rings. The highest BCUT2D eigenvalue weighted by molar-refractivity contribution is 5.94. The third kappa shape index (κ3) is 3.87. The Bertz CT molecular complexity index is 746. The summed E-state index contributed by atoms with van der Waals surface area (Å²) in [4.78, 5) is 30.3. The summed E-state index contributed by atoms with van der Waals surface area (Å²) in [5.41, 5.74) is 1.38. The number of ether oxygens (including phenoxy) is 1. The van der Waals surface area contributed by atoms with Gasteiger partial charge in [0.25, 0.3) is 11.8 Å². The van der Waals surface area contributed by atoms with Gasteiger partial charge in [-0.2, -0.15) is 4.98 Å². The first-order valence-corrected chi connectivity index (χ1v) is 8.45. The Balaban J connectivity index is 1.61. The van der Waals surface area contributed by atoms with Gasteiger partial charge in [0.2, 0.25) is 0 Å². The number of piperidine rings is 1. The topological polar surface area (TPSA) is 85.5 Å². The first-order valence-electron chi connectivity index (χ1n) is 8.45. The van der Waals surface area contributed by atoms with Crippen LogP contribution in [-0.2, 0) is 9.53 Å². The van der Waals surface area contributed by atoms with Gasteiger partial charge in [0.05, 0.1) is 12.5 Å². The average Bonchev–Trinajstić information content (AvgIpc) is 3.08. The highest BCUT2D eigenvalue weighted by Gasteiger charge is 2.28. The van der Waals surface area contributed by atoms with Crippen molar-refractivity contribution in [1.82, 2.24) is 15.0 Å². The maximum atomic E-state index is 12.6. The average molecular weight is 343 g/mol. The lowest BCUT2D eigenvalue weighted by Crippen LogP contribution is -2.40. The number of esters is 1. The van der Waals surface area contributed by atoms with Gasteiger partial charge in [-0.25, -0.2) is 0 Å². The normalized spacial score (nSPS) is 15.2. The maximum Gasteiger partial charge on any atom is 0.309 e. The molecule has 7 heteroatoms. The fraction of sp³-hybridized carbons (Fsp3) is 0.444. The molecule has 0 atom stereocenters. The minimum absolute atomic E-state index is 0.0319. The van der Waals surface area contributed by atoms with Crippen molar-refractivity contribution in [3.63, 3.8) is 0 Å². The van der Waals surface area contributed by atoms with Crippen LogP contribution < -0.4 is 0 Å². The molecule has 1 fully saturated rings. The van der Waals surface area contributed by atoms with E-state index in [-0.39, 0.29) is 17.8 Å². The molecule has 3 rings (SSSR count). The molecule has 0 aliphatic carbocycles. The molecular weight excluding hydrogens is 322 g/mol. The molecule has 1 saturated heterocycles. The van der Waals surface area contributed by atoms with Crippen LogP contribution in [0.3, 0.4) is 0 Å². The SMILES string of the molecule is CCOC(=O)C1CCN(C(=O)c2ccc(-c3nc(C)no3)cc2)CC1. The Labute approximate surface area is 146 Å². The molecule has 1 aliphatic heterocycles. The van der Waals surface area contributed by atoms with Crippen LogP contribution in [0.25, 0.3) is 11.5 Å². The summed E-state index contributed by atoms with van der Waals surface area (Å²) in [6, 6.07) is 7.11. The molecule has 0 N–H and O–H groups in total. The van der Waals surface area contributed by atoms with Gasteiger partial charge in [0, 0.05) is 24.2 Å². The molecule has 0 unspecified atom stereocenters. The smallest absolute Gasteiger partial charge is 0.309 e. The zero-order valence-electron chi connectivity index (χ0n) is 14.4. The van der Waals surface area contributed by atoms with E-state index >= 15 is 0 Å². The van der Waals surface area contributed by atoms with Crippen LogP contribution in [0.2, 0.25) is 0 Å². The van der Waals surface area contributed by atoms with Crippen molar-refractivity contribution in [1.29, 1.82) is 0 Å². The number of amides is 1. The van der Waals surface area contributed by atoms with E-state index in [1.54, 1.807) is 43.0 Å². The molecule has 1 aromatic carbocycles. The summed E-state index contributed by atoms with van der Waals surface area (Å²) in [5, 5.41) is 3.76. The Kier molecular flexibility index (Phi) is 5.11. The van der Waals surface area contributed by atoms with Gasteiger partial charge in [-0.1, -0.05) is 5.16 Å². The standard InChI is InChI=1S/C18H21N3O4/c1-3-24-18(23)15-8-10-21(11-9-15)17(22)14-6-4-13(5-7-14)16-19-12(2)20-25-16/h4-7,15H,3,8-11H2,1-2H3. The minimum Gasteiger partial charge on any atom is -0.466 e. The largest absolute Gasteiger partial charge is 0.466 e. The third-order valence-electron chi connectivity index (χ3n) is 4.31. The second-order valence-electron chi connectivity index (χ2n) is 6.04. The number of rotatable bonds is 4. The number of nitrogens with zero attached hydrogens (tertiary/aromatic N) is 3. The number of aryl methyl sites for hydroxylation is 1. The van der Waals surface area contributed by atoms with Crippen molar-refractivity contribution in [3.05, 3.63) is 35.7 Å². The van der Waals surface area contributed by atoms with E-state index < -0.39 is 0 Å². The van der Waals surface area contributed by atoms with E-state index in [0.29, 0.717) is 49.8 Å². The first-order chi connectivity index (χ1) is 12.1. The van der Waals surface area contributed by atoms with Crippen LogP contribution in [0.1, 0.15) is 35.9 Å². The molecule has 0 spiro atoms. The number of hydrogen-bond acceptors (Lipinski definition) is 6. The lowest BCUT2D eigenvalue weighted by Gasteiger charge is -2.31. The second kappa shape index (κ2) is 7.46. The van der Waals surface area contributed by atoms with Gasteiger partial charge in [-0.05, 0) is 51.0 Å². The molecule has 25 heavy (non-hydrogen) atoms. The molecule has 0 bridgehead atoms. The van der Waals surface area contributed by atoms with Gasteiger partial charge < -0.3 is 14.2 Å². The van der Waals surface area contributed by atoms with E-state index in [9.17, 15) is 9.59 Å². The van der Waals surface area contributed by atoms with Crippen LogP contribution in [0, 0.1) is 12.8 Å². The van der Waals surface area contributed by atoms with E-state index in [2.05, 4.69) is 10.1 Å². The molecule has 132 valence electrons. The lowest BCUT2D eigenvalue weighted by atomic mass is 9.96. The highest BCUT2D eigenvalue weighted by atomic mass is 16.5. The van der Waals surface area contributed by atoms with Gasteiger partial charge >= 0.3 is 5.97 Å². The molecule has 0 saturated carbocycles. The van der Waals surface area contributed by atoms with Crippen LogP contribution in [0.5, 0.6) is 0 Å². The van der Waals surface area contributed by atoms with Gasteiger partial charge in [0.1, 0.15) is 0 Å². The van der Waals surface area contributed by atoms with Crippen LogP contribution in [0.4, 0.5) is 0 Å². The van der Waals surface area contributed by atoms with Crippen molar-refractivity contribution >= 4 is 11.9 Å². The van der Waals surface area contributed by atoms with Gasteiger partial charge in [0.15, 0.2) is 5.82 Å². The summed E-state index contributed by atoms with van der Waals surface area (Å²) in [7, 11) is 0. The van der Waals surface area contributed by atoms with Crippen LogP contribution >= 0.6 is 0 Å². The Morgan fingerprint density at radius 2 is 1.92 bits per heavy atom. The molecule has 0 radical (unpaired) electrons. The van der Waals surface area contributed by atoms with Crippen molar-refractivity contribution in [3.8, 4) is 11.5 Å². The molecule has 7 nitrogen and oxygen atoms in total. The Hall–Kier alpha value is -2.70. The van der Waals surface area contributed by atoms with E-state index in [4.69, 9.17) is 9.26 Å². The van der Waals surface area contributed by atoms with Crippen LogP contribution in [-0.4, -0.2) is 46.6 Å². The molecule has 2 aromatic rings. The second-order valence-corrected chi connectivity index (χ2v) is 6.04. The predicted molar refractivity (Wildman–Crippen MR) is 89.7 cm³/mol. The predicted octanol–water partition coefficient (Wildman–Crippen LogP) is 2.46. The number of carbonyl (C=O) groups is 2. The molecular formula is C18H21N3O4. The minimum atomic E-state index is -0.159. The number of likely N-dealkylation sites (tertiary alicyclic amines) is 1. The fourth-order valence-electron chi connectivity index (χ4n) is 2.93. The number of hydrogen-bond donors (Lipinski definition) is 0. The molecule has 1 aromatic heterocycles. The summed E-state index contributed by atoms with van der Waals surface area (Å²) in [6.45, 7) is 5.07. The van der Waals surface area contributed by atoms with E-state index in [1.165, 1.54) is 0 Å². The number of aromatic nitrogens is 2. The van der Waals surface area contributed by atoms with Crippen LogP contribution in [0.15, 0.2) is 28.8 Å². The Morgan fingerprint density at radius 1 is 1.24 bits per heavy atom. The number of benzene rings is 1. The maximum absolute atomic E-state index is 12.6. The number of carbonyl (C=O) groups excluding carboxylic acids is 2. The van der Waals surface area contributed by atoms with Crippen molar-refractivity contribution in [2.24, 2.45) is 5.92 Å². The third-order valence-corrected chi connectivity index (χ3v) is 4.31. The zero-order chi connectivity index (χ0) is 17.8. The van der Waals surface area contributed by atoms with Gasteiger partial charge in [-0.15, -0.1) is 0 Å². The van der Waals surface area contributed by atoms with Crippen molar-refractivity contribution < 1.29 is 18.8 Å². The molecule has 1 amide bonds. The van der Waals surface area contributed by atoms with Crippen molar-refractivity contribution in [2.45, 2.75) is 26.7 Å². The fourth-order valence-corrected chi connectivity index (χ4v) is 2.93. The summed E-state index contributed by atoms with van der Waals surface area (Å²) < 4.78 is 10.2. The van der Waals surface area contributed by atoms with E-state index in [0.717, 1.165) is 5.56 Å². The van der Waals surface area contributed by atoms with Crippen molar-refractivity contribution in [2.75, 3.05) is 19.7 Å². The summed E-state index contributed by atoms with van der Waals surface area (Å²) >= 11 is 0. The lowest BCUT2D eigenvalue weighted by molar-refractivity contribution is -0.149. The Morgan fingerprint density at radius 3 is 2.48 bits per heavy atom. The molecule has 2 heterocycles. The van der Waals surface area contributed by atoms with E-state index in [1.807, 2.05) is 0 Å². The monoisotopic (exact) mass is 343 g/mol. The summed E-state index contributed by atoms with van der Waals surface area (Å²) in [6.07, 6.45) is 1.29. The summed E-state index contributed by atoms with van der Waals surface area (Å²) in [5.74, 6) is 0.711. The first kappa shape index (κ1) is 17.1.